The highest BCUT2D eigenvalue weighted by molar-refractivity contribution is 5.98. The van der Waals surface area contributed by atoms with Crippen LogP contribution in [-0.4, -0.2) is 42.4 Å². The maximum absolute atomic E-state index is 12.6. The molecule has 6 N–H and O–H groups in total. The Hall–Kier alpha value is -2.25. The van der Waals surface area contributed by atoms with Crippen molar-refractivity contribution >= 4 is 17.7 Å². The normalized spacial score (nSPS) is 21.1. The first-order chi connectivity index (χ1) is 10.8. The molecule has 1 rings (SSSR count). The monoisotopic (exact) mass is 325 g/mol. The van der Waals surface area contributed by atoms with Gasteiger partial charge in [-0.2, -0.15) is 0 Å². The average Bonchev–Trinajstić information content (AvgIpc) is 2.55. The number of nitrogens with one attached hydrogen (secondary N) is 4. The topological polar surface area (TPSA) is 125 Å². The van der Waals surface area contributed by atoms with Crippen molar-refractivity contribution in [3.63, 3.8) is 0 Å². The van der Waals surface area contributed by atoms with Crippen LogP contribution in [-0.2, 0) is 14.4 Å². The van der Waals surface area contributed by atoms with Crippen molar-refractivity contribution in [2.24, 2.45) is 5.73 Å². The van der Waals surface area contributed by atoms with Crippen molar-refractivity contribution in [3.8, 4) is 0 Å². The van der Waals surface area contributed by atoms with Gasteiger partial charge in [0, 0.05) is 6.54 Å². The Labute approximate surface area is 136 Å². The van der Waals surface area contributed by atoms with Crippen molar-refractivity contribution in [1.29, 1.82) is 0 Å². The summed E-state index contributed by atoms with van der Waals surface area (Å²) in [6.45, 7) is 7.62. The van der Waals surface area contributed by atoms with Crippen molar-refractivity contribution in [3.05, 3.63) is 12.4 Å². The van der Waals surface area contributed by atoms with Gasteiger partial charge in [0.2, 0.25) is 17.7 Å². The molecule has 1 aliphatic heterocycles. The van der Waals surface area contributed by atoms with E-state index in [4.69, 9.17) is 5.73 Å². The maximum atomic E-state index is 12.6. The lowest BCUT2D eigenvalue weighted by Gasteiger charge is -2.31. The zero-order valence-electron chi connectivity index (χ0n) is 13.8. The van der Waals surface area contributed by atoms with Crippen molar-refractivity contribution in [1.82, 2.24) is 21.3 Å². The first-order valence-electron chi connectivity index (χ1n) is 7.92. The van der Waals surface area contributed by atoms with E-state index < -0.39 is 11.6 Å². The van der Waals surface area contributed by atoms with Gasteiger partial charge in [0.15, 0.2) is 0 Å². The average molecular weight is 325 g/mol. The quantitative estimate of drug-likeness (QED) is 0.387. The first kappa shape index (κ1) is 18.8. The summed E-state index contributed by atoms with van der Waals surface area (Å²) in [7, 11) is 0. The summed E-state index contributed by atoms with van der Waals surface area (Å²) < 4.78 is 0. The second-order valence-corrected chi connectivity index (χ2v) is 5.68. The molecule has 1 aliphatic rings. The molecule has 0 unspecified atom stereocenters. The number of hydrogen-bond acceptors (Lipinski definition) is 5. The molecule has 8 heteroatoms. The Morgan fingerprint density at radius 2 is 2.00 bits per heavy atom. The molecule has 1 atom stereocenters. The highest BCUT2D eigenvalue weighted by atomic mass is 16.2. The molecule has 1 heterocycles. The zero-order chi connectivity index (χ0) is 17.5. The van der Waals surface area contributed by atoms with E-state index >= 15 is 0 Å². The molecule has 23 heavy (non-hydrogen) atoms. The summed E-state index contributed by atoms with van der Waals surface area (Å²) in [5, 5.41) is 10.9. The van der Waals surface area contributed by atoms with Crippen molar-refractivity contribution < 1.29 is 14.4 Å². The number of amides is 3. The number of nitrogens with two attached hydrogens (primary N) is 1. The third kappa shape index (κ3) is 5.15. The molecule has 0 aromatic heterocycles. The molecular weight excluding hydrogens is 298 g/mol. The van der Waals surface area contributed by atoms with Crippen molar-refractivity contribution in [2.45, 2.75) is 51.1 Å². The predicted octanol–water partition coefficient (Wildman–Crippen LogP) is -0.924. The van der Waals surface area contributed by atoms with Crippen LogP contribution in [0.1, 0.15) is 39.5 Å². The third-order valence-corrected chi connectivity index (χ3v) is 4.09. The number of hydrogen-bond donors (Lipinski definition) is 5. The lowest BCUT2D eigenvalue weighted by Crippen LogP contribution is -2.59. The minimum Gasteiger partial charge on any atom is -0.386 e. The van der Waals surface area contributed by atoms with E-state index in [0.29, 0.717) is 38.0 Å². The van der Waals surface area contributed by atoms with Crippen LogP contribution in [0.4, 0.5) is 0 Å². The molecule has 3 amide bonds. The summed E-state index contributed by atoms with van der Waals surface area (Å²) in [5.41, 5.74) is 4.43. The molecule has 0 aromatic rings. The Bertz CT molecular complexity index is 474. The Kier molecular flexibility index (Phi) is 6.87. The van der Waals surface area contributed by atoms with Gasteiger partial charge < -0.3 is 27.0 Å². The fourth-order valence-electron chi connectivity index (χ4n) is 2.53. The molecular formula is C15H27N5O3. The third-order valence-electron chi connectivity index (χ3n) is 4.09. The van der Waals surface area contributed by atoms with E-state index in [9.17, 15) is 14.4 Å². The second-order valence-electron chi connectivity index (χ2n) is 5.68. The van der Waals surface area contributed by atoms with E-state index in [1.54, 1.807) is 0 Å². The molecule has 0 saturated carbocycles. The van der Waals surface area contributed by atoms with Crippen molar-refractivity contribution in [2.75, 3.05) is 13.1 Å². The van der Waals surface area contributed by atoms with E-state index in [1.165, 1.54) is 0 Å². The molecule has 130 valence electrons. The summed E-state index contributed by atoms with van der Waals surface area (Å²) in [6, 6.07) is -0.680. The summed E-state index contributed by atoms with van der Waals surface area (Å²) in [6.07, 6.45) is 1.98. The summed E-state index contributed by atoms with van der Waals surface area (Å²) >= 11 is 0. The van der Waals surface area contributed by atoms with Crippen LogP contribution in [0.2, 0.25) is 0 Å². The Morgan fingerprint density at radius 1 is 1.35 bits per heavy atom. The van der Waals surface area contributed by atoms with E-state index in [2.05, 4.69) is 27.8 Å². The highest BCUT2D eigenvalue weighted by Gasteiger charge is 2.39. The predicted molar refractivity (Wildman–Crippen MR) is 87.0 cm³/mol. The molecule has 1 fully saturated rings. The highest BCUT2D eigenvalue weighted by Crippen LogP contribution is 2.17. The van der Waals surface area contributed by atoms with Gasteiger partial charge in [-0.25, -0.2) is 0 Å². The molecule has 8 nitrogen and oxygen atoms in total. The fourth-order valence-corrected chi connectivity index (χ4v) is 2.53. The molecule has 0 aliphatic carbocycles. The maximum Gasteiger partial charge on any atom is 0.246 e. The minimum atomic E-state index is -0.981. The van der Waals surface area contributed by atoms with Crippen LogP contribution in [0.5, 0.6) is 0 Å². The number of carbonyl (C=O) groups is 3. The lowest BCUT2D eigenvalue weighted by molar-refractivity contribution is -0.134. The second kappa shape index (κ2) is 8.40. The molecule has 0 aromatic carbocycles. The first-order valence-corrected chi connectivity index (χ1v) is 7.92. The van der Waals surface area contributed by atoms with Gasteiger partial charge >= 0.3 is 0 Å². The molecule has 0 bridgehead atoms. The van der Waals surface area contributed by atoms with Crippen LogP contribution in [0.25, 0.3) is 0 Å². The van der Waals surface area contributed by atoms with Gasteiger partial charge in [-0.05, 0) is 25.7 Å². The lowest BCUT2D eigenvalue weighted by atomic mass is 9.91. The fraction of sp³-hybridized carbons (Fsp3) is 0.667. The molecule has 1 saturated heterocycles. The van der Waals surface area contributed by atoms with Crippen LogP contribution < -0.4 is 27.0 Å². The van der Waals surface area contributed by atoms with Gasteiger partial charge in [-0.15, -0.1) is 0 Å². The zero-order valence-corrected chi connectivity index (χ0v) is 13.8. The molecule has 0 radical (unpaired) electrons. The smallest absolute Gasteiger partial charge is 0.246 e. The Balaban J connectivity index is 2.81. The van der Waals surface area contributed by atoms with Crippen LogP contribution >= 0.6 is 0 Å². The van der Waals surface area contributed by atoms with E-state index in [1.807, 2.05) is 13.8 Å². The van der Waals surface area contributed by atoms with Gasteiger partial charge in [-0.3, -0.25) is 14.4 Å². The van der Waals surface area contributed by atoms with E-state index in [-0.39, 0.29) is 24.3 Å². The summed E-state index contributed by atoms with van der Waals surface area (Å²) in [5.74, 6) is -0.685. The van der Waals surface area contributed by atoms with Gasteiger partial charge in [0.25, 0.3) is 0 Å². The number of carbonyl (C=O) groups excluding carboxylic acids is 3. The van der Waals surface area contributed by atoms with Crippen LogP contribution in [0.15, 0.2) is 12.4 Å². The van der Waals surface area contributed by atoms with Crippen LogP contribution in [0.3, 0.4) is 0 Å². The van der Waals surface area contributed by atoms with Gasteiger partial charge in [0.1, 0.15) is 11.6 Å². The Morgan fingerprint density at radius 3 is 2.57 bits per heavy atom. The minimum absolute atomic E-state index is 0.135. The standard InChI is InChI=1S/C15H27N5O3/c1-4-15(5-2)14(23)19-11(7-6-8-17-10(3)16)13(22)18-9-12(21)20-15/h11,17H,3-9,16H2,1-2H3,(H,18,22)(H,19,23)(H,20,21)/t11-/m0/s1. The summed E-state index contributed by atoms with van der Waals surface area (Å²) in [4.78, 5) is 36.7. The van der Waals surface area contributed by atoms with Gasteiger partial charge in [0.05, 0.1) is 12.4 Å². The largest absolute Gasteiger partial charge is 0.386 e. The van der Waals surface area contributed by atoms with Gasteiger partial charge in [-0.1, -0.05) is 20.4 Å². The van der Waals surface area contributed by atoms with E-state index in [0.717, 1.165) is 0 Å². The SMILES string of the molecule is C=C(N)NCCC[C@@H]1NC(=O)C(CC)(CC)NC(=O)CNC1=O. The van der Waals surface area contributed by atoms with Crippen LogP contribution in [0, 0.1) is 0 Å². The molecule has 0 spiro atoms. The number of rotatable bonds is 7.